The Morgan fingerprint density at radius 1 is 1.36 bits per heavy atom. The number of aliphatic hydroxyl groups excluding tert-OH is 1. The number of aryl methyl sites for hydroxylation is 1. The van der Waals surface area contributed by atoms with Crippen molar-refractivity contribution in [2.45, 2.75) is 37.9 Å². The van der Waals surface area contributed by atoms with Gasteiger partial charge >= 0.3 is 0 Å². The Morgan fingerprint density at radius 3 is 3.04 bits per heavy atom. The molecule has 0 radical (unpaired) electrons. The fraction of sp³-hybridized carbons (Fsp3) is 0.444. The molecule has 148 valence electrons. The molecule has 0 amide bonds. The number of hydrogen-bond acceptors (Lipinski definition) is 8. The average molecular weight is 423 g/mol. The molecule has 0 aliphatic carbocycles. The van der Waals surface area contributed by atoms with Crippen LogP contribution in [0.15, 0.2) is 17.5 Å². The van der Waals surface area contributed by atoms with Crippen molar-refractivity contribution in [3.63, 3.8) is 0 Å². The molecule has 0 aromatic carbocycles. The van der Waals surface area contributed by atoms with Gasteiger partial charge in [0.15, 0.2) is 11.8 Å². The lowest BCUT2D eigenvalue weighted by molar-refractivity contribution is 0.00706. The van der Waals surface area contributed by atoms with Gasteiger partial charge in [-0.2, -0.15) is 4.98 Å². The van der Waals surface area contributed by atoms with Crippen LogP contribution in [0.2, 0.25) is 5.02 Å². The molecule has 2 aliphatic rings. The lowest BCUT2D eigenvalue weighted by atomic mass is 10.1. The summed E-state index contributed by atoms with van der Waals surface area (Å²) in [6.45, 7) is 3.32. The summed E-state index contributed by atoms with van der Waals surface area (Å²) in [6, 6.07) is 4.18. The highest BCUT2D eigenvalue weighted by atomic mass is 35.5. The van der Waals surface area contributed by atoms with Crippen molar-refractivity contribution >= 4 is 39.9 Å². The first-order valence-electron chi connectivity index (χ1n) is 8.99. The van der Waals surface area contributed by atoms with Gasteiger partial charge in [0.2, 0.25) is 0 Å². The molecule has 3 aromatic heterocycles. The Balaban J connectivity index is 1.32. The molecule has 0 bridgehead atoms. The van der Waals surface area contributed by atoms with Gasteiger partial charge in [0.05, 0.1) is 30.3 Å². The van der Waals surface area contributed by atoms with Crippen molar-refractivity contribution in [3.05, 3.63) is 33.0 Å². The van der Waals surface area contributed by atoms with Crippen molar-refractivity contribution in [2.75, 3.05) is 18.5 Å². The van der Waals surface area contributed by atoms with Crippen molar-refractivity contribution in [1.82, 2.24) is 15.0 Å². The first kappa shape index (κ1) is 18.1. The number of anilines is 1. The van der Waals surface area contributed by atoms with Gasteiger partial charge in [-0.3, -0.25) is 0 Å². The van der Waals surface area contributed by atoms with E-state index >= 15 is 0 Å². The molecule has 4 atom stereocenters. The van der Waals surface area contributed by atoms with Crippen LogP contribution in [0.25, 0.3) is 11.2 Å². The minimum Gasteiger partial charge on any atom is -0.456 e. The molecule has 8 nitrogen and oxygen atoms in total. The Morgan fingerprint density at radius 2 is 2.21 bits per heavy atom. The van der Waals surface area contributed by atoms with E-state index in [1.165, 1.54) is 10.4 Å². The summed E-state index contributed by atoms with van der Waals surface area (Å²) in [7, 11) is 0. The molecule has 5 rings (SSSR count). The topological polar surface area (TPSA) is 102 Å². The molecular weight excluding hydrogens is 404 g/mol. The van der Waals surface area contributed by atoms with Crippen LogP contribution < -0.4 is 10.1 Å². The molecule has 3 N–H and O–H groups in total. The van der Waals surface area contributed by atoms with Crippen LogP contribution in [0.5, 0.6) is 6.01 Å². The maximum atomic E-state index is 9.83. The Hall–Kier alpha value is -1.91. The van der Waals surface area contributed by atoms with E-state index in [1.54, 1.807) is 17.4 Å². The first-order valence-corrected chi connectivity index (χ1v) is 10.3. The Bertz CT molecular complexity index is 1010. The highest BCUT2D eigenvalue weighted by Gasteiger charge is 2.48. The molecule has 2 fully saturated rings. The standard InChI is InChI=1S/C18H19ClN4O4S/c1-8-2-3-28-13(8)5-20-16-9(19)4-10-17(22-16)23-18(21-10)27-12-7-26-14-11(24)6-25-15(12)14/h2-4,11-12,14-15,24H,5-7H2,1H3,(H2,20,21,22,23)/t11-,12-,14-,15-/m1/s1. The first-order chi connectivity index (χ1) is 13.6. The molecule has 2 saturated heterocycles. The van der Waals surface area contributed by atoms with Crippen LogP contribution in [0.1, 0.15) is 10.4 Å². The summed E-state index contributed by atoms with van der Waals surface area (Å²) in [5.74, 6) is 0.575. The molecule has 5 heterocycles. The van der Waals surface area contributed by atoms with E-state index in [-0.39, 0.29) is 24.9 Å². The SMILES string of the molecule is Cc1ccsc1CNc1nc2nc(O[C@@H]3CO[C@H]4[C@@H]3OC[C@H]4O)[nH]c2cc1Cl. The van der Waals surface area contributed by atoms with E-state index in [0.29, 0.717) is 41.2 Å². The van der Waals surface area contributed by atoms with Gasteiger partial charge in [0.1, 0.15) is 24.1 Å². The van der Waals surface area contributed by atoms with E-state index < -0.39 is 6.10 Å². The number of pyridine rings is 1. The number of halogens is 1. The molecule has 28 heavy (non-hydrogen) atoms. The van der Waals surface area contributed by atoms with Crippen LogP contribution in [0, 0.1) is 6.92 Å². The lowest BCUT2D eigenvalue weighted by Crippen LogP contribution is -2.34. The molecular formula is C18H19ClN4O4S. The zero-order valence-electron chi connectivity index (χ0n) is 15.0. The number of H-pyrrole nitrogens is 1. The monoisotopic (exact) mass is 422 g/mol. The fourth-order valence-corrected chi connectivity index (χ4v) is 4.58. The lowest BCUT2D eigenvalue weighted by Gasteiger charge is -2.15. The number of aliphatic hydroxyl groups is 1. The van der Waals surface area contributed by atoms with Gasteiger partial charge in [-0.15, -0.1) is 11.3 Å². The predicted octanol–water partition coefficient (Wildman–Crippen LogP) is 2.50. The van der Waals surface area contributed by atoms with Crippen molar-refractivity contribution < 1.29 is 19.3 Å². The van der Waals surface area contributed by atoms with Gasteiger partial charge in [0, 0.05) is 4.88 Å². The van der Waals surface area contributed by atoms with E-state index in [0.717, 1.165) is 0 Å². The third-order valence-corrected chi connectivity index (χ3v) is 6.35. The summed E-state index contributed by atoms with van der Waals surface area (Å²) in [4.78, 5) is 13.2. The fourth-order valence-electron chi connectivity index (χ4n) is 3.51. The Kier molecular flexibility index (Phi) is 4.64. The minimum absolute atomic E-state index is 0.255. The summed E-state index contributed by atoms with van der Waals surface area (Å²) >= 11 is 8.06. The number of hydrogen-bond donors (Lipinski definition) is 3. The van der Waals surface area contributed by atoms with Gasteiger partial charge in [0.25, 0.3) is 6.01 Å². The van der Waals surface area contributed by atoms with Gasteiger partial charge in [-0.25, -0.2) is 4.98 Å². The molecule has 0 saturated carbocycles. The van der Waals surface area contributed by atoms with Crippen LogP contribution in [0.4, 0.5) is 5.82 Å². The maximum Gasteiger partial charge on any atom is 0.296 e. The van der Waals surface area contributed by atoms with E-state index in [2.05, 4.69) is 38.6 Å². The van der Waals surface area contributed by atoms with Crippen molar-refractivity contribution in [1.29, 1.82) is 0 Å². The van der Waals surface area contributed by atoms with Crippen LogP contribution >= 0.6 is 22.9 Å². The van der Waals surface area contributed by atoms with E-state index in [9.17, 15) is 5.11 Å². The second-order valence-corrected chi connectivity index (χ2v) is 8.34. The second-order valence-electron chi connectivity index (χ2n) is 6.93. The van der Waals surface area contributed by atoms with Crippen molar-refractivity contribution in [3.8, 4) is 6.01 Å². The molecule has 10 heteroatoms. The number of nitrogens with one attached hydrogen (secondary N) is 2. The summed E-state index contributed by atoms with van der Waals surface area (Å²) in [5.41, 5.74) is 2.43. The number of imidazole rings is 1. The number of aromatic nitrogens is 3. The molecule has 0 unspecified atom stereocenters. The normalized spacial score (nSPS) is 26.7. The van der Waals surface area contributed by atoms with Crippen LogP contribution in [-0.2, 0) is 16.0 Å². The quantitative estimate of drug-likeness (QED) is 0.580. The smallest absolute Gasteiger partial charge is 0.296 e. The number of fused-ring (bicyclic) bond motifs is 2. The zero-order valence-corrected chi connectivity index (χ0v) is 16.6. The number of rotatable bonds is 5. The summed E-state index contributed by atoms with van der Waals surface area (Å²) in [5, 5.41) is 15.7. The third kappa shape index (κ3) is 3.23. The van der Waals surface area contributed by atoms with Crippen LogP contribution in [-0.4, -0.2) is 57.7 Å². The Labute approximate surface area is 169 Å². The van der Waals surface area contributed by atoms with E-state index in [4.69, 9.17) is 25.8 Å². The summed E-state index contributed by atoms with van der Waals surface area (Å²) in [6.07, 6.45) is -1.60. The van der Waals surface area contributed by atoms with Gasteiger partial charge < -0.3 is 29.6 Å². The number of ether oxygens (including phenoxy) is 3. The number of thiophene rings is 1. The van der Waals surface area contributed by atoms with Gasteiger partial charge in [-0.1, -0.05) is 11.6 Å². The highest BCUT2D eigenvalue weighted by Crippen LogP contribution is 2.31. The second kappa shape index (κ2) is 7.16. The number of nitrogens with zero attached hydrogens (tertiary/aromatic N) is 2. The highest BCUT2D eigenvalue weighted by molar-refractivity contribution is 7.10. The van der Waals surface area contributed by atoms with E-state index in [1.807, 2.05) is 0 Å². The van der Waals surface area contributed by atoms with Crippen molar-refractivity contribution in [2.24, 2.45) is 0 Å². The largest absolute Gasteiger partial charge is 0.456 e. The predicted molar refractivity (Wildman–Crippen MR) is 105 cm³/mol. The zero-order chi connectivity index (χ0) is 19.3. The molecule has 0 spiro atoms. The molecule has 3 aromatic rings. The van der Waals surface area contributed by atoms with Crippen LogP contribution in [0.3, 0.4) is 0 Å². The minimum atomic E-state index is -0.615. The average Bonchev–Trinajstić information content (AvgIpc) is 3.42. The maximum absolute atomic E-state index is 9.83. The third-order valence-electron chi connectivity index (χ3n) is 5.03. The number of aromatic amines is 1. The summed E-state index contributed by atoms with van der Waals surface area (Å²) < 4.78 is 17.1. The molecule has 2 aliphatic heterocycles. The van der Waals surface area contributed by atoms with Gasteiger partial charge in [-0.05, 0) is 30.0 Å².